The maximum Gasteiger partial charge on any atom is 0.162 e. The summed E-state index contributed by atoms with van der Waals surface area (Å²) in [4.78, 5) is 14.2. The van der Waals surface area contributed by atoms with Crippen molar-refractivity contribution in [2.75, 3.05) is 13.6 Å². The van der Waals surface area contributed by atoms with E-state index in [1.165, 1.54) is 5.56 Å². The third kappa shape index (κ3) is 5.33. The molecule has 0 atom stereocenters. The molecule has 0 radical (unpaired) electrons. The van der Waals surface area contributed by atoms with Gasteiger partial charge in [-0.3, -0.25) is 4.79 Å². The molecule has 0 aliphatic heterocycles. The lowest BCUT2D eigenvalue weighted by Crippen LogP contribution is -2.19. The summed E-state index contributed by atoms with van der Waals surface area (Å²) in [5, 5.41) is 0.759. The SMILES string of the molecule is CN(CCCC(=O)c1ccccc1)Cc1ccc(Cl)cc1. The molecule has 0 unspecified atom stereocenters. The first kappa shape index (κ1) is 15.7. The quantitative estimate of drug-likeness (QED) is 0.705. The fraction of sp³-hybridized carbons (Fsp3) is 0.278. The van der Waals surface area contributed by atoms with E-state index in [0.29, 0.717) is 6.42 Å². The zero-order valence-electron chi connectivity index (χ0n) is 12.3. The zero-order chi connectivity index (χ0) is 15.1. The Morgan fingerprint density at radius 2 is 1.71 bits per heavy atom. The fourth-order valence-corrected chi connectivity index (χ4v) is 2.38. The molecule has 0 heterocycles. The van der Waals surface area contributed by atoms with Crippen LogP contribution in [0.2, 0.25) is 5.02 Å². The van der Waals surface area contributed by atoms with Crippen LogP contribution in [0.3, 0.4) is 0 Å². The first-order valence-electron chi connectivity index (χ1n) is 7.16. The van der Waals surface area contributed by atoms with Crippen molar-refractivity contribution >= 4 is 17.4 Å². The summed E-state index contributed by atoms with van der Waals surface area (Å²) in [5.41, 5.74) is 2.04. The Morgan fingerprint density at radius 1 is 1.05 bits per heavy atom. The van der Waals surface area contributed by atoms with Crippen molar-refractivity contribution in [3.05, 3.63) is 70.7 Å². The number of carbonyl (C=O) groups excluding carboxylic acids is 1. The van der Waals surface area contributed by atoms with Gasteiger partial charge in [0.05, 0.1) is 0 Å². The maximum absolute atomic E-state index is 12.0. The Labute approximate surface area is 131 Å². The van der Waals surface area contributed by atoms with Gasteiger partial charge in [0.1, 0.15) is 0 Å². The predicted octanol–water partition coefficient (Wildman–Crippen LogP) is 4.43. The zero-order valence-corrected chi connectivity index (χ0v) is 13.0. The number of halogens is 1. The van der Waals surface area contributed by atoms with Gasteiger partial charge in [-0.1, -0.05) is 54.1 Å². The molecule has 0 bridgehead atoms. The average Bonchev–Trinajstić information content (AvgIpc) is 2.50. The molecule has 2 aromatic rings. The summed E-state index contributed by atoms with van der Waals surface area (Å²) in [6.45, 7) is 1.78. The molecule has 0 fully saturated rings. The van der Waals surface area contributed by atoms with Crippen molar-refractivity contribution in [3.63, 3.8) is 0 Å². The third-order valence-electron chi connectivity index (χ3n) is 3.41. The smallest absolute Gasteiger partial charge is 0.162 e. The van der Waals surface area contributed by atoms with Gasteiger partial charge >= 0.3 is 0 Å². The number of rotatable bonds is 7. The highest BCUT2D eigenvalue weighted by molar-refractivity contribution is 6.30. The van der Waals surface area contributed by atoms with Crippen LogP contribution in [0.15, 0.2) is 54.6 Å². The largest absolute Gasteiger partial charge is 0.302 e. The fourth-order valence-electron chi connectivity index (χ4n) is 2.26. The Bertz CT molecular complexity index is 566. The second-order valence-corrected chi connectivity index (χ2v) is 5.69. The first-order valence-corrected chi connectivity index (χ1v) is 7.54. The monoisotopic (exact) mass is 301 g/mol. The van der Waals surface area contributed by atoms with E-state index >= 15 is 0 Å². The van der Waals surface area contributed by atoms with Crippen LogP contribution in [0.5, 0.6) is 0 Å². The van der Waals surface area contributed by atoms with E-state index in [0.717, 1.165) is 30.1 Å². The van der Waals surface area contributed by atoms with Crippen molar-refractivity contribution in [2.45, 2.75) is 19.4 Å². The Morgan fingerprint density at radius 3 is 2.38 bits per heavy atom. The summed E-state index contributed by atoms with van der Waals surface area (Å²) < 4.78 is 0. The summed E-state index contributed by atoms with van der Waals surface area (Å²) in [6.07, 6.45) is 1.47. The molecule has 3 heteroatoms. The van der Waals surface area contributed by atoms with E-state index in [4.69, 9.17) is 11.6 Å². The molecule has 0 aliphatic rings. The average molecular weight is 302 g/mol. The molecule has 0 saturated heterocycles. The Kier molecular flexibility index (Phi) is 5.97. The van der Waals surface area contributed by atoms with Gasteiger partial charge in [-0.05, 0) is 37.7 Å². The minimum Gasteiger partial charge on any atom is -0.302 e. The van der Waals surface area contributed by atoms with Gasteiger partial charge in [-0.25, -0.2) is 0 Å². The van der Waals surface area contributed by atoms with Gasteiger partial charge in [0.2, 0.25) is 0 Å². The summed E-state index contributed by atoms with van der Waals surface area (Å²) in [6, 6.07) is 17.4. The third-order valence-corrected chi connectivity index (χ3v) is 3.66. The molecule has 0 amide bonds. The normalized spacial score (nSPS) is 10.8. The number of carbonyl (C=O) groups is 1. The number of Topliss-reactive ketones (excluding diaryl/α,β-unsaturated/α-hetero) is 1. The number of benzene rings is 2. The molecular formula is C18H20ClNO. The van der Waals surface area contributed by atoms with Crippen molar-refractivity contribution < 1.29 is 4.79 Å². The number of hydrogen-bond donors (Lipinski definition) is 0. The van der Waals surface area contributed by atoms with Crippen LogP contribution in [0.1, 0.15) is 28.8 Å². The summed E-state index contributed by atoms with van der Waals surface area (Å²) in [5.74, 6) is 0.218. The molecular weight excluding hydrogens is 282 g/mol. The Balaban J connectivity index is 1.73. The molecule has 0 aromatic heterocycles. The van der Waals surface area contributed by atoms with E-state index in [-0.39, 0.29) is 5.78 Å². The molecule has 0 aliphatic carbocycles. The van der Waals surface area contributed by atoms with Crippen LogP contribution < -0.4 is 0 Å². The van der Waals surface area contributed by atoms with Gasteiger partial charge in [-0.15, -0.1) is 0 Å². The van der Waals surface area contributed by atoms with E-state index in [1.54, 1.807) is 0 Å². The minimum absolute atomic E-state index is 0.218. The molecule has 2 rings (SSSR count). The van der Waals surface area contributed by atoms with E-state index in [2.05, 4.69) is 11.9 Å². The number of ketones is 1. The molecule has 2 nitrogen and oxygen atoms in total. The molecule has 0 N–H and O–H groups in total. The van der Waals surface area contributed by atoms with Crippen LogP contribution in [0, 0.1) is 0 Å². The van der Waals surface area contributed by atoms with E-state index in [1.807, 2.05) is 54.6 Å². The number of hydrogen-bond acceptors (Lipinski definition) is 2. The van der Waals surface area contributed by atoms with Crippen LogP contribution in [-0.2, 0) is 6.54 Å². The lowest BCUT2D eigenvalue weighted by molar-refractivity contribution is 0.0976. The van der Waals surface area contributed by atoms with Crippen molar-refractivity contribution in [2.24, 2.45) is 0 Å². The second kappa shape index (κ2) is 7.96. The first-order chi connectivity index (χ1) is 10.1. The molecule has 21 heavy (non-hydrogen) atoms. The van der Waals surface area contributed by atoms with Crippen molar-refractivity contribution in [3.8, 4) is 0 Å². The molecule has 2 aromatic carbocycles. The van der Waals surface area contributed by atoms with E-state index in [9.17, 15) is 4.79 Å². The van der Waals surface area contributed by atoms with Gasteiger partial charge < -0.3 is 4.90 Å². The van der Waals surface area contributed by atoms with Gasteiger partial charge in [0.25, 0.3) is 0 Å². The van der Waals surface area contributed by atoms with Crippen LogP contribution in [-0.4, -0.2) is 24.3 Å². The standard InChI is InChI=1S/C18H20ClNO/c1-20(14-15-9-11-17(19)12-10-15)13-5-8-18(21)16-6-3-2-4-7-16/h2-4,6-7,9-12H,5,8,13-14H2,1H3. The second-order valence-electron chi connectivity index (χ2n) is 5.26. The molecule has 110 valence electrons. The highest BCUT2D eigenvalue weighted by Gasteiger charge is 2.06. The molecule has 0 saturated carbocycles. The van der Waals surface area contributed by atoms with Crippen LogP contribution >= 0.6 is 11.6 Å². The maximum atomic E-state index is 12.0. The topological polar surface area (TPSA) is 20.3 Å². The summed E-state index contributed by atoms with van der Waals surface area (Å²) >= 11 is 5.87. The highest BCUT2D eigenvalue weighted by atomic mass is 35.5. The van der Waals surface area contributed by atoms with Crippen molar-refractivity contribution in [1.82, 2.24) is 4.90 Å². The Hall–Kier alpha value is -1.64. The number of nitrogens with zero attached hydrogens (tertiary/aromatic N) is 1. The predicted molar refractivity (Wildman–Crippen MR) is 87.8 cm³/mol. The van der Waals surface area contributed by atoms with Crippen LogP contribution in [0.25, 0.3) is 0 Å². The lowest BCUT2D eigenvalue weighted by Gasteiger charge is -2.16. The minimum atomic E-state index is 0.218. The summed E-state index contributed by atoms with van der Waals surface area (Å²) in [7, 11) is 2.07. The van der Waals surface area contributed by atoms with Crippen LogP contribution in [0.4, 0.5) is 0 Å². The van der Waals surface area contributed by atoms with Gasteiger partial charge in [0, 0.05) is 23.6 Å². The highest BCUT2D eigenvalue weighted by Crippen LogP contribution is 2.11. The lowest BCUT2D eigenvalue weighted by atomic mass is 10.1. The van der Waals surface area contributed by atoms with Gasteiger partial charge in [0.15, 0.2) is 5.78 Å². The molecule has 0 spiro atoms. The van der Waals surface area contributed by atoms with Gasteiger partial charge in [-0.2, -0.15) is 0 Å². The van der Waals surface area contributed by atoms with E-state index < -0.39 is 0 Å². The van der Waals surface area contributed by atoms with Crippen molar-refractivity contribution in [1.29, 1.82) is 0 Å².